The molecule has 0 aliphatic heterocycles. The molecule has 1 aromatic carbocycles. The van der Waals surface area contributed by atoms with Gasteiger partial charge in [-0.25, -0.2) is 0 Å². The van der Waals surface area contributed by atoms with E-state index in [2.05, 4.69) is 11.4 Å². The molecule has 2 aliphatic rings. The Balaban J connectivity index is 1.87. The fraction of sp³-hybridized carbons (Fsp3) is 0.600. The summed E-state index contributed by atoms with van der Waals surface area (Å²) in [4.78, 5) is 0. The van der Waals surface area contributed by atoms with Crippen LogP contribution in [0.5, 0.6) is 0 Å². The molecule has 3 heteroatoms. The van der Waals surface area contributed by atoms with Crippen molar-refractivity contribution in [3.8, 4) is 0 Å². The van der Waals surface area contributed by atoms with Crippen LogP contribution in [0.15, 0.2) is 18.2 Å². The Hall–Kier alpha value is -0.240. The van der Waals surface area contributed by atoms with Crippen molar-refractivity contribution in [2.75, 3.05) is 7.05 Å². The van der Waals surface area contributed by atoms with Crippen molar-refractivity contribution in [2.24, 2.45) is 17.8 Å². The van der Waals surface area contributed by atoms with Gasteiger partial charge < -0.3 is 5.32 Å². The van der Waals surface area contributed by atoms with Crippen LogP contribution in [0.1, 0.15) is 37.3 Å². The van der Waals surface area contributed by atoms with Crippen molar-refractivity contribution in [1.82, 2.24) is 5.32 Å². The molecule has 0 aromatic heterocycles. The lowest BCUT2D eigenvalue weighted by Gasteiger charge is -2.19. The molecule has 18 heavy (non-hydrogen) atoms. The molecule has 0 radical (unpaired) electrons. The number of hydrogen-bond acceptors (Lipinski definition) is 1. The van der Waals surface area contributed by atoms with Crippen LogP contribution >= 0.6 is 23.2 Å². The summed E-state index contributed by atoms with van der Waals surface area (Å²) in [5, 5.41) is 4.85. The second kappa shape index (κ2) is 5.03. The Kier molecular flexibility index (Phi) is 3.57. The van der Waals surface area contributed by atoms with E-state index < -0.39 is 0 Å². The Morgan fingerprint density at radius 1 is 1.17 bits per heavy atom. The Morgan fingerprint density at radius 3 is 2.44 bits per heavy atom. The molecule has 0 spiro atoms. The normalized spacial score (nSPS) is 31.8. The first-order valence-electron chi connectivity index (χ1n) is 6.85. The molecule has 3 rings (SSSR count). The summed E-state index contributed by atoms with van der Waals surface area (Å²) in [5.74, 6) is 2.57. The van der Waals surface area contributed by atoms with Gasteiger partial charge in [-0.15, -0.1) is 0 Å². The average molecular weight is 284 g/mol. The Bertz CT molecular complexity index is 434. The molecule has 0 heterocycles. The highest BCUT2D eigenvalue weighted by atomic mass is 35.5. The average Bonchev–Trinajstić information content (AvgIpc) is 3.10. The van der Waals surface area contributed by atoms with Gasteiger partial charge in [-0.05, 0) is 49.3 Å². The molecular weight excluding hydrogens is 265 g/mol. The van der Waals surface area contributed by atoms with E-state index in [4.69, 9.17) is 23.2 Å². The highest BCUT2D eigenvalue weighted by Crippen LogP contribution is 2.60. The second-order valence-corrected chi connectivity index (χ2v) is 6.38. The SMILES string of the molecule is CNC(c1cccc(Cl)c1Cl)C1C2CCCCC21. The van der Waals surface area contributed by atoms with E-state index in [1.54, 1.807) is 0 Å². The zero-order valence-corrected chi connectivity index (χ0v) is 12.1. The minimum atomic E-state index is 0.365. The van der Waals surface area contributed by atoms with Gasteiger partial charge in [0, 0.05) is 6.04 Å². The van der Waals surface area contributed by atoms with Gasteiger partial charge in [0.05, 0.1) is 10.0 Å². The van der Waals surface area contributed by atoms with E-state index in [-0.39, 0.29) is 0 Å². The number of fused-ring (bicyclic) bond motifs is 1. The minimum Gasteiger partial charge on any atom is -0.313 e. The van der Waals surface area contributed by atoms with Crippen LogP contribution in [0.3, 0.4) is 0 Å². The Morgan fingerprint density at radius 2 is 1.83 bits per heavy atom. The molecule has 0 amide bonds. The summed E-state index contributed by atoms with van der Waals surface area (Å²) < 4.78 is 0. The largest absolute Gasteiger partial charge is 0.313 e. The van der Waals surface area contributed by atoms with Crippen LogP contribution < -0.4 is 5.32 Å². The van der Waals surface area contributed by atoms with Crippen molar-refractivity contribution in [2.45, 2.75) is 31.7 Å². The van der Waals surface area contributed by atoms with Gasteiger partial charge in [0.15, 0.2) is 0 Å². The molecule has 98 valence electrons. The lowest BCUT2D eigenvalue weighted by Crippen LogP contribution is -2.20. The van der Waals surface area contributed by atoms with E-state index in [0.29, 0.717) is 11.1 Å². The molecule has 1 aromatic rings. The van der Waals surface area contributed by atoms with Crippen LogP contribution in [-0.4, -0.2) is 7.05 Å². The van der Waals surface area contributed by atoms with Crippen molar-refractivity contribution >= 4 is 23.2 Å². The summed E-state index contributed by atoms with van der Waals surface area (Å²) in [6.07, 6.45) is 5.59. The molecule has 0 bridgehead atoms. The zero-order chi connectivity index (χ0) is 12.7. The lowest BCUT2D eigenvalue weighted by molar-refractivity contribution is 0.480. The maximum atomic E-state index is 6.36. The predicted octanol–water partition coefficient (Wildman–Crippen LogP) is 4.69. The first-order chi connectivity index (χ1) is 8.74. The first-order valence-corrected chi connectivity index (χ1v) is 7.61. The summed E-state index contributed by atoms with van der Waals surface area (Å²) in [6.45, 7) is 0. The van der Waals surface area contributed by atoms with Crippen LogP contribution in [0.25, 0.3) is 0 Å². The molecule has 2 aliphatic carbocycles. The quantitative estimate of drug-likeness (QED) is 0.849. The lowest BCUT2D eigenvalue weighted by atomic mass is 10.00. The molecular formula is C15H19Cl2N. The van der Waals surface area contributed by atoms with Gasteiger partial charge >= 0.3 is 0 Å². The molecule has 1 N–H and O–H groups in total. The van der Waals surface area contributed by atoms with Crippen molar-refractivity contribution in [3.05, 3.63) is 33.8 Å². The first kappa shape index (κ1) is 12.8. The predicted molar refractivity (Wildman–Crippen MR) is 77.2 cm³/mol. The smallest absolute Gasteiger partial charge is 0.0640 e. The van der Waals surface area contributed by atoms with Crippen LogP contribution in [0.4, 0.5) is 0 Å². The number of hydrogen-bond donors (Lipinski definition) is 1. The van der Waals surface area contributed by atoms with Gasteiger partial charge in [0.2, 0.25) is 0 Å². The van der Waals surface area contributed by atoms with Crippen LogP contribution in [-0.2, 0) is 0 Å². The van der Waals surface area contributed by atoms with Gasteiger partial charge in [0.25, 0.3) is 0 Å². The fourth-order valence-corrected chi connectivity index (χ4v) is 4.28. The van der Waals surface area contributed by atoms with Crippen LogP contribution in [0, 0.1) is 17.8 Å². The molecule has 0 saturated heterocycles. The maximum absolute atomic E-state index is 6.36. The zero-order valence-electron chi connectivity index (χ0n) is 10.6. The molecule has 1 nitrogen and oxygen atoms in total. The van der Waals surface area contributed by atoms with E-state index in [9.17, 15) is 0 Å². The van der Waals surface area contributed by atoms with Crippen molar-refractivity contribution in [1.29, 1.82) is 0 Å². The third kappa shape index (κ3) is 2.07. The van der Waals surface area contributed by atoms with Crippen molar-refractivity contribution in [3.63, 3.8) is 0 Å². The maximum Gasteiger partial charge on any atom is 0.0640 e. The van der Waals surface area contributed by atoms with E-state index in [0.717, 1.165) is 22.8 Å². The van der Waals surface area contributed by atoms with Gasteiger partial charge in [-0.1, -0.05) is 48.2 Å². The summed E-state index contributed by atoms with van der Waals surface area (Å²) >= 11 is 12.5. The third-order valence-corrected chi connectivity index (χ3v) is 5.57. The monoisotopic (exact) mass is 283 g/mol. The van der Waals surface area contributed by atoms with Gasteiger partial charge in [-0.3, -0.25) is 0 Å². The molecule has 2 saturated carbocycles. The Labute approximate surface area is 119 Å². The highest BCUT2D eigenvalue weighted by molar-refractivity contribution is 6.42. The highest BCUT2D eigenvalue weighted by Gasteiger charge is 2.54. The standard InChI is InChI=1S/C15H19Cl2N/c1-18-15(11-7-4-8-12(16)14(11)17)13-9-5-2-3-6-10(9)13/h4,7-10,13,15,18H,2-3,5-6H2,1H3. The van der Waals surface area contributed by atoms with Gasteiger partial charge in [-0.2, -0.15) is 0 Å². The summed E-state index contributed by atoms with van der Waals surface area (Å²) in [6, 6.07) is 6.34. The number of halogens is 2. The second-order valence-electron chi connectivity index (χ2n) is 5.60. The summed E-state index contributed by atoms with van der Waals surface area (Å²) in [5.41, 5.74) is 1.17. The van der Waals surface area contributed by atoms with Gasteiger partial charge in [0.1, 0.15) is 0 Å². The minimum absolute atomic E-state index is 0.365. The topological polar surface area (TPSA) is 12.0 Å². The number of rotatable bonds is 3. The number of nitrogens with one attached hydrogen (secondary N) is 1. The molecule has 3 unspecified atom stereocenters. The fourth-order valence-electron chi connectivity index (χ4n) is 3.86. The van der Waals surface area contributed by atoms with Crippen LogP contribution in [0.2, 0.25) is 10.0 Å². The van der Waals surface area contributed by atoms with Crippen molar-refractivity contribution < 1.29 is 0 Å². The van der Waals surface area contributed by atoms with E-state index in [1.807, 2.05) is 19.2 Å². The third-order valence-electron chi connectivity index (χ3n) is 4.74. The van der Waals surface area contributed by atoms with E-state index >= 15 is 0 Å². The van der Waals surface area contributed by atoms with E-state index in [1.165, 1.54) is 31.2 Å². The molecule has 3 atom stereocenters. The number of benzene rings is 1. The molecule has 2 fully saturated rings. The summed E-state index contributed by atoms with van der Waals surface area (Å²) in [7, 11) is 2.03.